The zero-order valence-electron chi connectivity index (χ0n) is 10.9. The number of hydrogen-bond donors (Lipinski definition) is 1. The highest BCUT2D eigenvalue weighted by atomic mass is 35.5. The minimum absolute atomic E-state index is 0.555. The fourth-order valence-corrected chi connectivity index (χ4v) is 2.44. The molecule has 0 radical (unpaired) electrons. The Hall–Kier alpha value is -2.10. The summed E-state index contributed by atoms with van der Waals surface area (Å²) >= 11 is 11.9. The van der Waals surface area contributed by atoms with Gasteiger partial charge in [-0.2, -0.15) is 5.10 Å². The van der Waals surface area contributed by atoms with E-state index >= 15 is 0 Å². The second-order valence-corrected chi connectivity index (χ2v) is 5.26. The van der Waals surface area contributed by atoms with Crippen LogP contribution in [0.25, 0.3) is 10.8 Å². The van der Waals surface area contributed by atoms with Gasteiger partial charge in [0.15, 0.2) is 5.82 Å². The van der Waals surface area contributed by atoms with Crippen molar-refractivity contribution in [3.8, 4) is 0 Å². The molecular formula is C16H11Cl2N3. The Morgan fingerprint density at radius 1 is 1.05 bits per heavy atom. The lowest BCUT2D eigenvalue weighted by molar-refractivity contribution is 1.25. The number of nitrogens with one attached hydrogen (secondary N) is 1. The number of halogens is 2. The molecule has 3 rings (SSSR count). The van der Waals surface area contributed by atoms with E-state index < -0.39 is 0 Å². The Morgan fingerprint density at radius 2 is 1.90 bits per heavy atom. The number of nitrogens with zero attached hydrogens (tertiary/aromatic N) is 2. The van der Waals surface area contributed by atoms with E-state index in [2.05, 4.69) is 15.5 Å². The van der Waals surface area contributed by atoms with Crippen molar-refractivity contribution < 1.29 is 0 Å². The Morgan fingerprint density at radius 3 is 2.76 bits per heavy atom. The van der Waals surface area contributed by atoms with Crippen LogP contribution in [0.15, 0.2) is 59.8 Å². The van der Waals surface area contributed by atoms with Crippen molar-refractivity contribution in [3.63, 3.8) is 0 Å². The van der Waals surface area contributed by atoms with Gasteiger partial charge in [-0.1, -0.05) is 53.5 Å². The first-order chi connectivity index (χ1) is 10.2. The van der Waals surface area contributed by atoms with Crippen LogP contribution in [-0.2, 0) is 0 Å². The molecule has 2 aromatic carbocycles. The van der Waals surface area contributed by atoms with E-state index in [9.17, 15) is 0 Å². The average molecular weight is 316 g/mol. The molecule has 0 amide bonds. The second kappa shape index (κ2) is 6.12. The highest BCUT2D eigenvalue weighted by Gasteiger charge is 2.01. The van der Waals surface area contributed by atoms with E-state index in [1.165, 1.54) is 0 Å². The molecule has 0 aliphatic carbocycles. The van der Waals surface area contributed by atoms with Gasteiger partial charge in [0.05, 0.1) is 11.2 Å². The van der Waals surface area contributed by atoms with Crippen molar-refractivity contribution in [2.45, 2.75) is 0 Å². The van der Waals surface area contributed by atoms with E-state index in [4.69, 9.17) is 23.2 Å². The standard InChI is InChI=1S/C16H11Cl2N3/c17-13-6-5-12(15(18)9-13)10-20-21-16-14-4-2-1-3-11(14)7-8-19-16/h1-10H,(H,19,21). The van der Waals surface area contributed by atoms with Gasteiger partial charge in [-0.3, -0.25) is 5.43 Å². The molecule has 0 unspecified atom stereocenters. The maximum absolute atomic E-state index is 6.09. The van der Waals surface area contributed by atoms with Crippen molar-refractivity contribution >= 4 is 46.0 Å². The van der Waals surface area contributed by atoms with Crippen molar-refractivity contribution in [1.29, 1.82) is 0 Å². The monoisotopic (exact) mass is 315 g/mol. The number of fused-ring (bicyclic) bond motifs is 1. The van der Waals surface area contributed by atoms with Crippen LogP contribution in [0.5, 0.6) is 0 Å². The van der Waals surface area contributed by atoms with E-state index in [1.54, 1.807) is 24.5 Å². The molecular weight excluding hydrogens is 305 g/mol. The summed E-state index contributed by atoms with van der Waals surface area (Å²) in [6.07, 6.45) is 3.39. The molecule has 0 aliphatic rings. The van der Waals surface area contributed by atoms with Crippen LogP contribution in [0.1, 0.15) is 5.56 Å². The summed E-state index contributed by atoms with van der Waals surface area (Å²) in [5, 5.41) is 7.46. The molecule has 0 aliphatic heterocycles. The molecule has 0 saturated carbocycles. The molecule has 5 heteroatoms. The Kier molecular flexibility index (Phi) is 4.04. The first-order valence-corrected chi connectivity index (χ1v) is 7.07. The molecule has 0 bridgehead atoms. The van der Waals surface area contributed by atoms with E-state index in [-0.39, 0.29) is 0 Å². The summed E-state index contributed by atoms with van der Waals surface area (Å²) in [4.78, 5) is 4.30. The number of anilines is 1. The average Bonchev–Trinajstić information content (AvgIpc) is 2.50. The van der Waals surface area contributed by atoms with Gasteiger partial charge >= 0.3 is 0 Å². The van der Waals surface area contributed by atoms with Gasteiger partial charge in [-0.15, -0.1) is 0 Å². The predicted octanol–water partition coefficient (Wildman–Crippen LogP) is 4.99. The first-order valence-electron chi connectivity index (χ1n) is 6.32. The Labute approximate surface area is 132 Å². The molecule has 1 aromatic heterocycles. The molecule has 21 heavy (non-hydrogen) atoms. The molecule has 0 spiro atoms. The van der Waals surface area contributed by atoms with Gasteiger partial charge in [0.1, 0.15) is 0 Å². The van der Waals surface area contributed by atoms with Crippen LogP contribution in [0.3, 0.4) is 0 Å². The van der Waals surface area contributed by atoms with Crippen LogP contribution in [-0.4, -0.2) is 11.2 Å². The molecule has 1 N–H and O–H groups in total. The molecule has 0 atom stereocenters. The van der Waals surface area contributed by atoms with Crippen LogP contribution in [0, 0.1) is 0 Å². The number of hydrazone groups is 1. The van der Waals surface area contributed by atoms with Gasteiger partial charge in [0.25, 0.3) is 0 Å². The fraction of sp³-hybridized carbons (Fsp3) is 0. The quantitative estimate of drug-likeness (QED) is 0.546. The van der Waals surface area contributed by atoms with Crippen molar-refractivity contribution in [2.75, 3.05) is 5.43 Å². The number of hydrogen-bond acceptors (Lipinski definition) is 3. The third kappa shape index (κ3) is 3.15. The van der Waals surface area contributed by atoms with Crippen LogP contribution in [0.2, 0.25) is 10.0 Å². The zero-order valence-corrected chi connectivity index (χ0v) is 12.4. The van der Waals surface area contributed by atoms with E-state index in [1.807, 2.05) is 36.4 Å². The summed E-state index contributed by atoms with van der Waals surface area (Å²) in [5.41, 5.74) is 3.73. The smallest absolute Gasteiger partial charge is 0.154 e. The molecule has 3 aromatic rings. The minimum Gasteiger partial charge on any atom is -0.261 e. The molecule has 3 nitrogen and oxygen atoms in total. The van der Waals surface area contributed by atoms with Gasteiger partial charge < -0.3 is 0 Å². The maximum Gasteiger partial charge on any atom is 0.154 e. The summed E-state index contributed by atoms with van der Waals surface area (Å²) in [6, 6.07) is 15.2. The SMILES string of the molecule is Clc1ccc(C=NNc2nccc3ccccc23)c(Cl)c1. The molecule has 104 valence electrons. The second-order valence-electron chi connectivity index (χ2n) is 4.42. The highest BCUT2D eigenvalue weighted by Crippen LogP contribution is 2.21. The maximum atomic E-state index is 6.09. The van der Waals surface area contributed by atoms with Crippen molar-refractivity contribution in [1.82, 2.24) is 4.98 Å². The van der Waals surface area contributed by atoms with E-state index in [0.717, 1.165) is 16.3 Å². The molecule has 1 heterocycles. The highest BCUT2D eigenvalue weighted by molar-refractivity contribution is 6.36. The van der Waals surface area contributed by atoms with Crippen LogP contribution in [0.4, 0.5) is 5.82 Å². The topological polar surface area (TPSA) is 37.3 Å². The zero-order chi connectivity index (χ0) is 14.7. The van der Waals surface area contributed by atoms with Gasteiger partial charge in [0.2, 0.25) is 0 Å². The summed E-state index contributed by atoms with van der Waals surface area (Å²) in [6.45, 7) is 0. The molecule has 0 fully saturated rings. The lowest BCUT2D eigenvalue weighted by Crippen LogP contribution is -1.94. The number of benzene rings is 2. The van der Waals surface area contributed by atoms with Crippen molar-refractivity contribution in [3.05, 3.63) is 70.3 Å². The van der Waals surface area contributed by atoms with Crippen molar-refractivity contribution in [2.24, 2.45) is 5.10 Å². The van der Waals surface area contributed by atoms with E-state index in [0.29, 0.717) is 15.9 Å². The van der Waals surface area contributed by atoms with Gasteiger partial charge in [-0.25, -0.2) is 4.98 Å². The third-order valence-electron chi connectivity index (χ3n) is 3.01. The number of pyridine rings is 1. The third-order valence-corrected chi connectivity index (χ3v) is 3.57. The normalized spacial score (nSPS) is 11.1. The minimum atomic E-state index is 0.555. The number of aromatic nitrogens is 1. The lowest BCUT2D eigenvalue weighted by Gasteiger charge is -2.04. The van der Waals surface area contributed by atoms with Gasteiger partial charge in [0, 0.05) is 22.2 Å². The summed E-state index contributed by atoms with van der Waals surface area (Å²) < 4.78 is 0. The number of rotatable bonds is 3. The largest absolute Gasteiger partial charge is 0.261 e. The lowest BCUT2D eigenvalue weighted by atomic mass is 10.2. The Bertz CT molecular complexity index is 810. The van der Waals surface area contributed by atoms with Crippen LogP contribution < -0.4 is 5.43 Å². The fourth-order valence-electron chi connectivity index (χ4n) is 1.98. The first kappa shape index (κ1) is 13.9. The summed E-state index contributed by atoms with van der Waals surface area (Å²) in [5.74, 6) is 0.703. The van der Waals surface area contributed by atoms with Crippen LogP contribution >= 0.6 is 23.2 Å². The molecule has 0 saturated heterocycles. The summed E-state index contributed by atoms with van der Waals surface area (Å²) in [7, 11) is 0. The Balaban J connectivity index is 1.84. The van der Waals surface area contributed by atoms with Gasteiger partial charge in [-0.05, 0) is 23.6 Å². The predicted molar refractivity (Wildman–Crippen MR) is 89.4 cm³/mol.